The van der Waals surface area contributed by atoms with Crippen molar-refractivity contribution in [2.24, 2.45) is 0 Å². The normalized spacial score (nSPS) is 19.7. The van der Waals surface area contributed by atoms with Crippen LogP contribution >= 0.6 is 23.4 Å². The summed E-state index contributed by atoms with van der Waals surface area (Å²) in [7, 11) is 0. The second-order valence-corrected chi connectivity index (χ2v) is 9.65. The monoisotopic (exact) mass is 466 g/mol. The molecule has 1 fully saturated rings. The molecule has 1 atom stereocenters. The Kier molecular flexibility index (Phi) is 5.22. The summed E-state index contributed by atoms with van der Waals surface area (Å²) in [6.07, 6.45) is 0. The number of aryl methyl sites for hydroxylation is 1. The van der Waals surface area contributed by atoms with Gasteiger partial charge < -0.3 is 9.80 Å². The van der Waals surface area contributed by atoms with Gasteiger partial charge in [-0.05, 0) is 48.9 Å². The second kappa shape index (κ2) is 7.94. The molecule has 4 nitrogen and oxygen atoms in total. The van der Waals surface area contributed by atoms with Gasteiger partial charge in [-0.2, -0.15) is 0 Å². The van der Waals surface area contributed by atoms with Crippen LogP contribution in [-0.2, 0) is 16.2 Å². The Morgan fingerprint density at radius 3 is 2.62 bits per heavy atom. The zero-order valence-electron chi connectivity index (χ0n) is 17.3. The summed E-state index contributed by atoms with van der Waals surface area (Å²) in [5.74, 6) is -0.214. The number of halogens is 2. The van der Waals surface area contributed by atoms with Gasteiger partial charge in [0.15, 0.2) is 4.87 Å². The van der Waals surface area contributed by atoms with Crippen molar-refractivity contribution in [3.63, 3.8) is 0 Å². The summed E-state index contributed by atoms with van der Waals surface area (Å²) in [6.45, 7) is 2.72. The van der Waals surface area contributed by atoms with Crippen LogP contribution in [0.25, 0.3) is 0 Å². The molecule has 162 valence electrons. The predicted molar refractivity (Wildman–Crippen MR) is 125 cm³/mol. The summed E-state index contributed by atoms with van der Waals surface area (Å²) in [5, 5.41) is 0.591. The Bertz CT molecular complexity index is 1230. The van der Waals surface area contributed by atoms with Crippen molar-refractivity contribution in [2.75, 3.05) is 17.2 Å². The Hall–Kier alpha value is -2.83. The number of anilines is 1. The second-order valence-electron chi connectivity index (χ2n) is 7.96. The highest BCUT2D eigenvalue weighted by atomic mass is 35.5. The minimum absolute atomic E-state index is 0.156. The predicted octanol–water partition coefficient (Wildman–Crippen LogP) is 5.38. The maximum atomic E-state index is 14.0. The first-order valence-corrected chi connectivity index (χ1v) is 11.7. The molecule has 1 unspecified atom stereocenters. The number of hydrogen-bond acceptors (Lipinski definition) is 3. The number of rotatable bonds is 3. The van der Waals surface area contributed by atoms with E-state index in [1.165, 1.54) is 36.0 Å². The van der Waals surface area contributed by atoms with E-state index >= 15 is 0 Å². The molecule has 0 N–H and O–H groups in total. The van der Waals surface area contributed by atoms with Crippen molar-refractivity contribution in [3.05, 3.63) is 99.8 Å². The lowest BCUT2D eigenvalue weighted by Crippen LogP contribution is -2.50. The molecule has 0 saturated carbocycles. The molecule has 0 aliphatic carbocycles. The lowest BCUT2D eigenvalue weighted by molar-refractivity contribution is -0.123. The van der Waals surface area contributed by atoms with Gasteiger partial charge >= 0.3 is 0 Å². The highest BCUT2D eigenvalue weighted by Gasteiger charge is 2.59. The maximum absolute atomic E-state index is 14.0. The number of thioether (sulfide) groups is 1. The third-order valence-corrected chi connectivity index (χ3v) is 7.76. The highest BCUT2D eigenvalue weighted by molar-refractivity contribution is 8.01. The third-order valence-electron chi connectivity index (χ3n) is 5.97. The molecule has 0 aromatic heterocycles. The molecule has 32 heavy (non-hydrogen) atoms. The van der Waals surface area contributed by atoms with E-state index in [-0.39, 0.29) is 11.8 Å². The number of nitrogens with zero attached hydrogens (tertiary/aromatic N) is 2. The SMILES string of the molecule is Cc1ccc2c(c1)C1(SCCN1C(=O)c1ccc(F)cc1)C(=O)N2Cc1ccccc1Cl. The van der Waals surface area contributed by atoms with E-state index in [4.69, 9.17) is 11.6 Å². The number of hydrogen-bond donors (Lipinski definition) is 0. The van der Waals surface area contributed by atoms with Gasteiger partial charge in [0.1, 0.15) is 5.82 Å². The van der Waals surface area contributed by atoms with Crippen LogP contribution in [0.3, 0.4) is 0 Å². The van der Waals surface area contributed by atoms with Crippen LogP contribution in [0.2, 0.25) is 5.02 Å². The number of carbonyl (C=O) groups is 2. The topological polar surface area (TPSA) is 40.6 Å². The highest BCUT2D eigenvalue weighted by Crippen LogP contribution is 2.55. The summed E-state index contributed by atoms with van der Waals surface area (Å²) in [5.41, 5.74) is 3.81. The number of fused-ring (bicyclic) bond motifs is 2. The molecule has 2 amide bonds. The molecular formula is C25H20ClFN2O2S. The van der Waals surface area contributed by atoms with Crippen LogP contribution in [-0.4, -0.2) is 29.0 Å². The van der Waals surface area contributed by atoms with E-state index in [9.17, 15) is 14.0 Å². The lowest BCUT2D eigenvalue weighted by atomic mass is 10.0. The molecule has 1 saturated heterocycles. The fourth-order valence-corrected chi connectivity index (χ4v) is 6.08. The van der Waals surface area contributed by atoms with Crippen LogP contribution in [0.5, 0.6) is 0 Å². The van der Waals surface area contributed by atoms with Crippen molar-refractivity contribution >= 4 is 40.9 Å². The van der Waals surface area contributed by atoms with Crippen molar-refractivity contribution < 1.29 is 14.0 Å². The number of amides is 2. The number of benzene rings is 3. The Morgan fingerprint density at radius 1 is 1.12 bits per heavy atom. The van der Waals surface area contributed by atoms with Crippen molar-refractivity contribution in [3.8, 4) is 0 Å². The van der Waals surface area contributed by atoms with Crippen molar-refractivity contribution in [1.29, 1.82) is 0 Å². The number of carbonyl (C=O) groups excluding carboxylic acids is 2. The standard InChI is InChI=1S/C25H20ClFN2O2S/c1-16-6-11-22-20(14-16)25(24(31)28(22)15-18-4-2-3-5-21(18)26)29(12-13-32-25)23(30)17-7-9-19(27)10-8-17/h2-11,14H,12-13,15H2,1H3. The molecular weight excluding hydrogens is 447 g/mol. The minimum Gasteiger partial charge on any atom is -0.311 e. The smallest absolute Gasteiger partial charge is 0.268 e. The van der Waals surface area contributed by atoms with Gasteiger partial charge in [0.05, 0.1) is 12.2 Å². The van der Waals surface area contributed by atoms with E-state index in [1.54, 1.807) is 15.9 Å². The van der Waals surface area contributed by atoms with E-state index in [0.717, 1.165) is 22.4 Å². The van der Waals surface area contributed by atoms with E-state index in [0.29, 0.717) is 29.4 Å². The molecule has 1 spiro atoms. The molecule has 3 aromatic rings. The zero-order chi connectivity index (χ0) is 22.5. The van der Waals surface area contributed by atoms with Crippen LogP contribution < -0.4 is 4.90 Å². The van der Waals surface area contributed by atoms with Crippen LogP contribution in [0.4, 0.5) is 10.1 Å². The Labute approximate surface area is 195 Å². The maximum Gasteiger partial charge on any atom is 0.268 e. The minimum atomic E-state index is -1.14. The van der Waals surface area contributed by atoms with E-state index in [1.807, 2.05) is 43.3 Å². The summed E-state index contributed by atoms with van der Waals surface area (Å²) in [6, 6.07) is 18.8. The van der Waals surface area contributed by atoms with Gasteiger partial charge in [0, 0.05) is 28.4 Å². The quantitative estimate of drug-likeness (QED) is 0.520. The van der Waals surface area contributed by atoms with Gasteiger partial charge in [-0.3, -0.25) is 9.59 Å². The van der Waals surface area contributed by atoms with Crippen LogP contribution in [0.1, 0.15) is 27.0 Å². The van der Waals surface area contributed by atoms with Gasteiger partial charge in [0.2, 0.25) is 0 Å². The van der Waals surface area contributed by atoms with Gasteiger partial charge in [-0.25, -0.2) is 4.39 Å². The molecule has 5 rings (SSSR count). The van der Waals surface area contributed by atoms with Gasteiger partial charge in [0.25, 0.3) is 11.8 Å². The molecule has 7 heteroatoms. The Morgan fingerprint density at radius 2 is 1.88 bits per heavy atom. The van der Waals surface area contributed by atoms with Gasteiger partial charge in [-0.15, -0.1) is 11.8 Å². The van der Waals surface area contributed by atoms with E-state index in [2.05, 4.69) is 0 Å². The summed E-state index contributed by atoms with van der Waals surface area (Å²) in [4.78, 5) is 29.7. The summed E-state index contributed by atoms with van der Waals surface area (Å²) < 4.78 is 13.4. The van der Waals surface area contributed by atoms with Crippen LogP contribution in [0, 0.1) is 12.7 Å². The first-order valence-electron chi connectivity index (χ1n) is 10.3. The first kappa shape index (κ1) is 21.0. The molecule has 0 radical (unpaired) electrons. The summed E-state index contributed by atoms with van der Waals surface area (Å²) >= 11 is 7.86. The van der Waals surface area contributed by atoms with Crippen LogP contribution in [0.15, 0.2) is 66.7 Å². The average Bonchev–Trinajstić information content (AvgIpc) is 3.32. The molecule has 2 heterocycles. The zero-order valence-corrected chi connectivity index (χ0v) is 18.9. The first-order chi connectivity index (χ1) is 15.4. The molecule has 3 aromatic carbocycles. The average molecular weight is 467 g/mol. The van der Waals surface area contributed by atoms with Gasteiger partial charge in [-0.1, -0.05) is 47.5 Å². The molecule has 2 aliphatic rings. The fourth-order valence-electron chi connectivity index (χ4n) is 4.43. The third kappa shape index (κ3) is 3.21. The molecule has 0 bridgehead atoms. The van der Waals surface area contributed by atoms with Crippen molar-refractivity contribution in [2.45, 2.75) is 18.3 Å². The Balaban J connectivity index is 1.60. The lowest BCUT2D eigenvalue weighted by Gasteiger charge is -2.33. The van der Waals surface area contributed by atoms with E-state index < -0.39 is 10.7 Å². The fraction of sp³-hybridized carbons (Fsp3) is 0.200. The largest absolute Gasteiger partial charge is 0.311 e. The van der Waals surface area contributed by atoms with Crippen molar-refractivity contribution in [1.82, 2.24) is 4.90 Å². The molecule has 2 aliphatic heterocycles.